The molecule has 1 amide bonds. The number of anilines is 1. The van der Waals surface area contributed by atoms with Crippen LogP contribution in [0.2, 0.25) is 0 Å². The summed E-state index contributed by atoms with van der Waals surface area (Å²) in [5.74, 6) is 0.647. The van der Waals surface area contributed by atoms with Gasteiger partial charge in [0.2, 0.25) is 0 Å². The number of amides is 1. The van der Waals surface area contributed by atoms with Crippen molar-refractivity contribution in [1.82, 2.24) is 10.2 Å². The van der Waals surface area contributed by atoms with Crippen molar-refractivity contribution in [3.63, 3.8) is 0 Å². The van der Waals surface area contributed by atoms with Gasteiger partial charge in [-0.15, -0.1) is 0 Å². The first-order chi connectivity index (χ1) is 10.2. The zero-order valence-electron chi connectivity index (χ0n) is 13.2. The van der Waals surface area contributed by atoms with E-state index in [-0.39, 0.29) is 5.91 Å². The molecular weight excluding hydrogens is 262 g/mol. The van der Waals surface area contributed by atoms with Gasteiger partial charge in [-0.1, -0.05) is 19.1 Å². The lowest BCUT2D eigenvalue weighted by molar-refractivity contribution is 0.0940. The fraction of sp³-hybridized carbons (Fsp3) is 0.588. The van der Waals surface area contributed by atoms with Crippen LogP contribution in [0.4, 0.5) is 5.69 Å². The Morgan fingerprint density at radius 2 is 2.00 bits per heavy atom. The zero-order valence-corrected chi connectivity index (χ0v) is 13.2. The average molecular weight is 289 g/mol. The van der Waals surface area contributed by atoms with Crippen LogP contribution in [-0.2, 0) is 0 Å². The summed E-state index contributed by atoms with van der Waals surface area (Å²) in [6, 6.07) is 7.75. The Bertz CT molecular complexity index is 453. The van der Waals surface area contributed by atoms with E-state index in [9.17, 15) is 4.79 Å². The molecule has 1 aromatic rings. The van der Waals surface area contributed by atoms with Crippen molar-refractivity contribution in [2.45, 2.75) is 26.2 Å². The van der Waals surface area contributed by atoms with E-state index in [4.69, 9.17) is 0 Å². The minimum absolute atomic E-state index is 0.0353. The molecule has 2 N–H and O–H groups in total. The second-order valence-electron chi connectivity index (χ2n) is 5.93. The Morgan fingerprint density at radius 1 is 1.29 bits per heavy atom. The quantitative estimate of drug-likeness (QED) is 0.846. The van der Waals surface area contributed by atoms with Crippen LogP contribution in [0.25, 0.3) is 0 Å². The van der Waals surface area contributed by atoms with E-state index in [1.807, 2.05) is 24.3 Å². The summed E-state index contributed by atoms with van der Waals surface area (Å²) in [7, 11) is 2.16. The van der Waals surface area contributed by atoms with E-state index in [2.05, 4.69) is 29.5 Å². The number of benzene rings is 1. The number of hydrogen-bond acceptors (Lipinski definition) is 3. The number of likely N-dealkylation sites (tertiary alicyclic amines) is 1. The van der Waals surface area contributed by atoms with Crippen LogP contribution in [-0.4, -0.2) is 44.0 Å². The highest BCUT2D eigenvalue weighted by Gasteiger charge is 2.18. The first-order valence-electron chi connectivity index (χ1n) is 8.00. The standard InChI is InChI=1S/C17H27N3O/c1-3-10-18-16-7-5-4-6-15(16)17(21)19-13-14-8-11-20(2)12-9-14/h4-7,14,18H,3,8-13H2,1-2H3,(H,19,21). The third-order valence-corrected chi connectivity index (χ3v) is 4.13. The van der Waals surface area contributed by atoms with Gasteiger partial charge in [0.05, 0.1) is 5.56 Å². The Balaban J connectivity index is 1.88. The molecule has 4 heteroatoms. The molecule has 1 aromatic carbocycles. The van der Waals surface area contributed by atoms with Gasteiger partial charge in [0.15, 0.2) is 0 Å². The summed E-state index contributed by atoms with van der Waals surface area (Å²) in [5, 5.41) is 6.42. The molecule has 0 unspecified atom stereocenters. The molecule has 1 heterocycles. The van der Waals surface area contributed by atoms with E-state index in [0.717, 1.165) is 43.9 Å². The zero-order chi connectivity index (χ0) is 15.1. The van der Waals surface area contributed by atoms with E-state index in [0.29, 0.717) is 5.92 Å². The van der Waals surface area contributed by atoms with Gasteiger partial charge in [0.25, 0.3) is 5.91 Å². The molecule has 1 aliphatic rings. The van der Waals surface area contributed by atoms with Gasteiger partial charge in [-0.05, 0) is 57.5 Å². The molecule has 1 saturated heterocycles. The number of para-hydroxylation sites is 1. The van der Waals surface area contributed by atoms with Crippen LogP contribution in [0, 0.1) is 5.92 Å². The number of carbonyl (C=O) groups is 1. The Kier molecular flexibility index (Phi) is 6.05. The monoisotopic (exact) mass is 289 g/mol. The number of nitrogens with one attached hydrogen (secondary N) is 2. The molecule has 0 radical (unpaired) electrons. The first-order valence-corrected chi connectivity index (χ1v) is 8.00. The molecule has 21 heavy (non-hydrogen) atoms. The van der Waals surface area contributed by atoms with Crippen molar-refractivity contribution in [2.75, 3.05) is 38.5 Å². The van der Waals surface area contributed by atoms with Crippen LogP contribution in [0.1, 0.15) is 36.5 Å². The molecule has 0 aliphatic carbocycles. The molecule has 116 valence electrons. The fourth-order valence-electron chi connectivity index (χ4n) is 2.69. The lowest BCUT2D eigenvalue weighted by Crippen LogP contribution is -2.37. The SMILES string of the molecule is CCCNc1ccccc1C(=O)NCC1CCN(C)CC1. The lowest BCUT2D eigenvalue weighted by atomic mass is 9.97. The topological polar surface area (TPSA) is 44.4 Å². The first kappa shape index (κ1) is 15.8. The van der Waals surface area contributed by atoms with Crippen molar-refractivity contribution < 1.29 is 4.79 Å². The van der Waals surface area contributed by atoms with Gasteiger partial charge < -0.3 is 15.5 Å². The summed E-state index contributed by atoms with van der Waals surface area (Å²) in [6.45, 7) is 6.06. The molecule has 0 bridgehead atoms. The number of piperidine rings is 1. The highest BCUT2D eigenvalue weighted by Crippen LogP contribution is 2.17. The fourth-order valence-corrected chi connectivity index (χ4v) is 2.69. The van der Waals surface area contributed by atoms with E-state index < -0.39 is 0 Å². The van der Waals surface area contributed by atoms with Crippen molar-refractivity contribution >= 4 is 11.6 Å². The van der Waals surface area contributed by atoms with Crippen molar-refractivity contribution in [2.24, 2.45) is 5.92 Å². The predicted molar refractivity (Wildman–Crippen MR) is 87.8 cm³/mol. The van der Waals surface area contributed by atoms with Gasteiger partial charge in [-0.25, -0.2) is 0 Å². The summed E-state index contributed by atoms with van der Waals surface area (Å²) >= 11 is 0. The second-order valence-corrected chi connectivity index (χ2v) is 5.93. The lowest BCUT2D eigenvalue weighted by Gasteiger charge is -2.29. The van der Waals surface area contributed by atoms with Gasteiger partial charge >= 0.3 is 0 Å². The van der Waals surface area contributed by atoms with Crippen molar-refractivity contribution in [3.05, 3.63) is 29.8 Å². The van der Waals surface area contributed by atoms with Crippen LogP contribution >= 0.6 is 0 Å². The van der Waals surface area contributed by atoms with Crippen LogP contribution < -0.4 is 10.6 Å². The molecular formula is C17H27N3O. The number of nitrogens with zero attached hydrogens (tertiary/aromatic N) is 1. The average Bonchev–Trinajstić information content (AvgIpc) is 2.52. The summed E-state index contributed by atoms with van der Waals surface area (Å²) < 4.78 is 0. The molecule has 0 saturated carbocycles. The summed E-state index contributed by atoms with van der Waals surface area (Å²) in [6.07, 6.45) is 3.39. The maximum atomic E-state index is 12.4. The smallest absolute Gasteiger partial charge is 0.253 e. The van der Waals surface area contributed by atoms with Crippen molar-refractivity contribution in [1.29, 1.82) is 0 Å². The Morgan fingerprint density at radius 3 is 2.71 bits per heavy atom. The largest absolute Gasteiger partial charge is 0.384 e. The molecule has 1 aliphatic heterocycles. The van der Waals surface area contributed by atoms with Gasteiger partial charge in [-0.2, -0.15) is 0 Å². The maximum absolute atomic E-state index is 12.4. The Hall–Kier alpha value is -1.55. The van der Waals surface area contributed by atoms with E-state index in [1.54, 1.807) is 0 Å². The molecule has 4 nitrogen and oxygen atoms in total. The molecule has 2 rings (SSSR count). The summed E-state index contributed by atoms with van der Waals surface area (Å²) in [4.78, 5) is 14.7. The molecule has 0 spiro atoms. The van der Waals surface area contributed by atoms with Crippen LogP contribution in [0.5, 0.6) is 0 Å². The third-order valence-electron chi connectivity index (χ3n) is 4.13. The van der Waals surface area contributed by atoms with Crippen LogP contribution in [0.15, 0.2) is 24.3 Å². The molecule has 1 fully saturated rings. The highest BCUT2D eigenvalue weighted by atomic mass is 16.1. The minimum Gasteiger partial charge on any atom is -0.384 e. The van der Waals surface area contributed by atoms with Crippen LogP contribution in [0.3, 0.4) is 0 Å². The predicted octanol–water partition coefficient (Wildman–Crippen LogP) is 2.58. The number of hydrogen-bond donors (Lipinski definition) is 2. The van der Waals surface area contributed by atoms with E-state index in [1.165, 1.54) is 12.8 Å². The second kappa shape index (κ2) is 8.03. The number of carbonyl (C=O) groups excluding carboxylic acids is 1. The molecule has 0 atom stereocenters. The normalized spacial score (nSPS) is 16.7. The number of rotatable bonds is 6. The highest BCUT2D eigenvalue weighted by molar-refractivity contribution is 5.99. The van der Waals surface area contributed by atoms with Gasteiger partial charge in [0, 0.05) is 18.8 Å². The Labute approximate surface area is 127 Å². The minimum atomic E-state index is 0.0353. The summed E-state index contributed by atoms with van der Waals surface area (Å²) in [5.41, 5.74) is 1.68. The molecule has 0 aromatic heterocycles. The van der Waals surface area contributed by atoms with E-state index >= 15 is 0 Å². The van der Waals surface area contributed by atoms with Gasteiger partial charge in [-0.3, -0.25) is 4.79 Å². The third kappa shape index (κ3) is 4.74. The van der Waals surface area contributed by atoms with Gasteiger partial charge in [0.1, 0.15) is 0 Å². The van der Waals surface area contributed by atoms with Crippen molar-refractivity contribution in [3.8, 4) is 0 Å². The maximum Gasteiger partial charge on any atom is 0.253 e.